The van der Waals surface area contributed by atoms with Crippen molar-refractivity contribution in [2.75, 3.05) is 19.6 Å². The van der Waals surface area contributed by atoms with E-state index in [4.69, 9.17) is 5.73 Å². The lowest BCUT2D eigenvalue weighted by Crippen LogP contribution is -2.48. The van der Waals surface area contributed by atoms with Crippen molar-refractivity contribution in [1.29, 1.82) is 0 Å². The third-order valence-corrected chi connectivity index (χ3v) is 5.01. The van der Waals surface area contributed by atoms with Crippen LogP contribution in [0.1, 0.15) is 38.5 Å². The van der Waals surface area contributed by atoms with Gasteiger partial charge >= 0.3 is 0 Å². The molecule has 0 unspecified atom stereocenters. The van der Waals surface area contributed by atoms with Crippen LogP contribution < -0.4 is 5.73 Å². The molecule has 5 heteroatoms. The van der Waals surface area contributed by atoms with Crippen LogP contribution in [-0.4, -0.2) is 30.4 Å². The molecule has 0 spiro atoms. The minimum absolute atomic E-state index is 0. The van der Waals surface area contributed by atoms with Gasteiger partial charge in [-0.1, -0.05) is 19.9 Å². The van der Waals surface area contributed by atoms with Crippen molar-refractivity contribution in [3.63, 3.8) is 0 Å². The van der Waals surface area contributed by atoms with E-state index in [-0.39, 0.29) is 23.7 Å². The van der Waals surface area contributed by atoms with Crippen LogP contribution in [0.5, 0.6) is 0 Å². The molecular weight excluding hydrogens is 292 g/mol. The average Bonchev–Trinajstić information content (AvgIpc) is 2.95. The summed E-state index contributed by atoms with van der Waals surface area (Å²) in [6, 6.07) is 4.18. The number of hydrogen-bond donors (Lipinski definition) is 1. The summed E-state index contributed by atoms with van der Waals surface area (Å²) in [4.78, 5) is 16.0. The van der Waals surface area contributed by atoms with Gasteiger partial charge in [-0.05, 0) is 37.6 Å². The molecule has 0 fully saturated rings. The summed E-state index contributed by atoms with van der Waals surface area (Å²) in [5.74, 6) is 0.221. The number of thiophene rings is 1. The summed E-state index contributed by atoms with van der Waals surface area (Å²) in [5.41, 5.74) is 5.50. The molecule has 0 atom stereocenters. The molecule has 0 aromatic carbocycles. The number of nitrogens with two attached hydrogens (primary N) is 1. The first-order chi connectivity index (χ1) is 9.13. The van der Waals surface area contributed by atoms with Gasteiger partial charge in [0.25, 0.3) is 0 Å². The predicted molar refractivity (Wildman–Crippen MR) is 89.6 cm³/mol. The first-order valence-corrected chi connectivity index (χ1v) is 8.03. The Bertz CT molecular complexity index is 369. The lowest BCUT2D eigenvalue weighted by atomic mass is 9.81. The topological polar surface area (TPSA) is 46.3 Å². The zero-order valence-corrected chi connectivity index (χ0v) is 14.4. The SMILES string of the molecule is CCN(CCc1cccs1)C(=O)C(CC)(CC)CN.Cl. The molecule has 1 rings (SSSR count). The van der Waals surface area contributed by atoms with Crippen LogP contribution in [-0.2, 0) is 11.2 Å². The van der Waals surface area contributed by atoms with Gasteiger partial charge in [0.05, 0.1) is 5.41 Å². The predicted octanol–water partition coefficient (Wildman–Crippen LogP) is 3.33. The van der Waals surface area contributed by atoms with Gasteiger partial charge in [0.15, 0.2) is 0 Å². The van der Waals surface area contributed by atoms with E-state index in [1.807, 2.05) is 11.8 Å². The van der Waals surface area contributed by atoms with Crippen LogP contribution >= 0.6 is 23.7 Å². The van der Waals surface area contributed by atoms with E-state index < -0.39 is 0 Å². The van der Waals surface area contributed by atoms with Crippen molar-refractivity contribution in [3.8, 4) is 0 Å². The Balaban J connectivity index is 0.00000361. The molecule has 0 aliphatic heterocycles. The van der Waals surface area contributed by atoms with Gasteiger partial charge in [0.2, 0.25) is 5.91 Å². The number of hydrogen-bond acceptors (Lipinski definition) is 3. The Kier molecular flexibility index (Phi) is 9.10. The summed E-state index contributed by atoms with van der Waals surface area (Å²) >= 11 is 1.75. The number of carbonyl (C=O) groups excluding carboxylic acids is 1. The zero-order valence-electron chi connectivity index (χ0n) is 12.7. The van der Waals surface area contributed by atoms with Gasteiger partial charge in [-0.2, -0.15) is 0 Å². The molecule has 0 saturated heterocycles. The minimum Gasteiger partial charge on any atom is -0.342 e. The number of amides is 1. The second kappa shape index (κ2) is 9.37. The summed E-state index contributed by atoms with van der Waals surface area (Å²) in [6.45, 7) is 8.14. The zero-order chi connectivity index (χ0) is 14.3. The molecule has 0 radical (unpaired) electrons. The van der Waals surface area contributed by atoms with Gasteiger partial charge in [-0.25, -0.2) is 0 Å². The highest BCUT2D eigenvalue weighted by Gasteiger charge is 2.36. The Morgan fingerprint density at radius 2 is 2.00 bits per heavy atom. The van der Waals surface area contributed by atoms with E-state index in [1.54, 1.807) is 11.3 Å². The Morgan fingerprint density at radius 3 is 2.40 bits per heavy atom. The van der Waals surface area contributed by atoms with E-state index in [0.29, 0.717) is 6.54 Å². The van der Waals surface area contributed by atoms with Crippen LogP contribution in [0.4, 0.5) is 0 Å². The molecule has 0 bridgehead atoms. The van der Waals surface area contributed by atoms with Crippen LogP contribution in [0.15, 0.2) is 17.5 Å². The highest BCUT2D eigenvalue weighted by Crippen LogP contribution is 2.28. The first kappa shape index (κ1) is 19.4. The molecule has 1 amide bonds. The molecule has 20 heavy (non-hydrogen) atoms. The molecule has 0 aliphatic rings. The first-order valence-electron chi connectivity index (χ1n) is 7.15. The second-order valence-electron chi connectivity index (χ2n) is 4.91. The molecule has 1 aromatic heterocycles. The minimum atomic E-state index is -0.370. The summed E-state index contributed by atoms with van der Waals surface area (Å²) in [6.07, 6.45) is 2.56. The van der Waals surface area contributed by atoms with Crippen molar-refractivity contribution in [2.24, 2.45) is 11.1 Å². The van der Waals surface area contributed by atoms with Gasteiger partial charge < -0.3 is 10.6 Å². The van der Waals surface area contributed by atoms with Crippen LogP contribution in [0.25, 0.3) is 0 Å². The third kappa shape index (κ3) is 4.47. The second-order valence-corrected chi connectivity index (χ2v) is 5.94. The molecule has 1 aromatic rings. The van der Waals surface area contributed by atoms with E-state index in [1.165, 1.54) is 4.88 Å². The van der Waals surface area contributed by atoms with E-state index in [2.05, 4.69) is 31.4 Å². The molecule has 1 heterocycles. The Labute approximate surface area is 133 Å². The molecule has 0 saturated carbocycles. The number of nitrogens with zero attached hydrogens (tertiary/aromatic N) is 1. The van der Waals surface area contributed by atoms with Crippen molar-refractivity contribution < 1.29 is 4.79 Å². The maximum atomic E-state index is 12.7. The molecule has 0 aliphatic carbocycles. The van der Waals surface area contributed by atoms with E-state index in [0.717, 1.165) is 32.4 Å². The van der Waals surface area contributed by atoms with Crippen LogP contribution in [0, 0.1) is 5.41 Å². The fourth-order valence-electron chi connectivity index (χ4n) is 2.37. The monoisotopic (exact) mass is 318 g/mol. The smallest absolute Gasteiger partial charge is 0.230 e. The third-order valence-electron chi connectivity index (χ3n) is 4.08. The van der Waals surface area contributed by atoms with Crippen molar-refractivity contribution in [3.05, 3.63) is 22.4 Å². The van der Waals surface area contributed by atoms with Crippen molar-refractivity contribution in [2.45, 2.75) is 40.0 Å². The molecule has 116 valence electrons. The average molecular weight is 319 g/mol. The maximum absolute atomic E-state index is 12.7. The van der Waals surface area contributed by atoms with Gasteiger partial charge in [-0.3, -0.25) is 4.79 Å². The number of likely N-dealkylation sites (N-methyl/N-ethyl adjacent to an activating group) is 1. The quantitative estimate of drug-likeness (QED) is 0.799. The van der Waals surface area contributed by atoms with Crippen molar-refractivity contribution in [1.82, 2.24) is 4.90 Å². The lowest BCUT2D eigenvalue weighted by Gasteiger charge is -2.34. The standard InChI is InChI=1S/C15H26N2OS.ClH/c1-4-15(5-2,12-16)14(18)17(6-3)10-9-13-8-7-11-19-13;/h7-8,11H,4-6,9-10,12,16H2,1-3H3;1H. The Hall–Kier alpha value is -0.580. The number of rotatable bonds is 8. The fourth-order valence-corrected chi connectivity index (χ4v) is 3.07. The number of carbonyl (C=O) groups is 1. The van der Waals surface area contributed by atoms with Gasteiger partial charge in [0, 0.05) is 24.5 Å². The highest BCUT2D eigenvalue weighted by molar-refractivity contribution is 7.09. The van der Waals surface area contributed by atoms with Crippen molar-refractivity contribution >= 4 is 29.7 Å². The Morgan fingerprint density at radius 1 is 1.35 bits per heavy atom. The van der Waals surface area contributed by atoms with Crippen LogP contribution in [0.2, 0.25) is 0 Å². The number of halogens is 1. The molecular formula is C15H27ClN2OS. The largest absolute Gasteiger partial charge is 0.342 e. The normalized spacial score (nSPS) is 11.0. The van der Waals surface area contributed by atoms with E-state index >= 15 is 0 Å². The maximum Gasteiger partial charge on any atom is 0.230 e. The summed E-state index contributed by atoms with van der Waals surface area (Å²) < 4.78 is 0. The molecule has 3 nitrogen and oxygen atoms in total. The van der Waals surface area contributed by atoms with Crippen LogP contribution in [0.3, 0.4) is 0 Å². The lowest BCUT2D eigenvalue weighted by molar-refractivity contribution is -0.142. The van der Waals surface area contributed by atoms with Gasteiger partial charge in [-0.15, -0.1) is 23.7 Å². The van der Waals surface area contributed by atoms with E-state index in [9.17, 15) is 4.79 Å². The van der Waals surface area contributed by atoms with Gasteiger partial charge in [0.1, 0.15) is 0 Å². The fraction of sp³-hybridized carbons (Fsp3) is 0.667. The highest BCUT2D eigenvalue weighted by atomic mass is 35.5. The molecule has 2 N–H and O–H groups in total. The summed E-state index contributed by atoms with van der Waals surface area (Å²) in [5, 5.41) is 2.08. The summed E-state index contributed by atoms with van der Waals surface area (Å²) in [7, 11) is 0.